The van der Waals surface area contributed by atoms with Crippen molar-refractivity contribution in [2.45, 2.75) is 44.4 Å². The summed E-state index contributed by atoms with van der Waals surface area (Å²) in [5.74, 6) is 0.0537. The quantitative estimate of drug-likeness (QED) is 0.514. The summed E-state index contributed by atoms with van der Waals surface area (Å²) < 4.78 is 5.63. The molecule has 2 N–H and O–H groups in total. The van der Waals surface area contributed by atoms with Crippen LogP contribution in [0.3, 0.4) is 0 Å². The van der Waals surface area contributed by atoms with Crippen LogP contribution in [0.25, 0.3) is 0 Å². The second-order valence-corrected chi connectivity index (χ2v) is 9.15. The van der Waals surface area contributed by atoms with Gasteiger partial charge in [-0.15, -0.1) is 0 Å². The second-order valence-electron chi connectivity index (χ2n) is 9.15. The molecule has 4 rings (SSSR count). The lowest BCUT2D eigenvalue weighted by Crippen LogP contribution is -2.44. The highest BCUT2D eigenvalue weighted by Gasteiger charge is 2.35. The van der Waals surface area contributed by atoms with E-state index in [0.717, 1.165) is 35.1 Å². The molecule has 1 aliphatic heterocycles. The van der Waals surface area contributed by atoms with Crippen molar-refractivity contribution in [2.24, 2.45) is 0 Å². The van der Waals surface area contributed by atoms with Crippen molar-refractivity contribution in [1.82, 2.24) is 5.32 Å². The molecule has 4 heteroatoms. The molecule has 0 spiro atoms. The molecule has 1 fully saturated rings. The van der Waals surface area contributed by atoms with Gasteiger partial charge in [-0.3, -0.25) is 4.79 Å². The standard InChI is InChI=1S/C29H33NO3/c1-21-13-14-25(28(32)22(21)2)26(23-9-5-3-6-10-23)19-27(31)30-20-29(15-17-33-18-16-29)24-11-7-4-8-12-24/h3-14,26,32H,15-20H2,1-2H3,(H,30,31)/t26-/m0/s1. The number of benzene rings is 3. The second kappa shape index (κ2) is 10.2. The average molecular weight is 444 g/mol. The van der Waals surface area contributed by atoms with Gasteiger partial charge in [0.05, 0.1) is 0 Å². The molecule has 172 valence electrons. The summed E-state index contributed by atoms with van der Waals surface area (Å²) in [6.07, 6.45) is 2.05. The normalized spacial score (nSPS) is 16.2. The molecule has 1 heterocycles. The minimum Gasteiger partial charge on any atom is -0.507 e. The molecule has 33 heavy (non-hydrogen) atoms. The third-order valence-electron chi connectivity index (χ3n) is 7.16. The number of ether oxygens (including phenoxy) is 1. The summed E-state index contributed by atoms with van der Waals surface area (Å²) in [5.41, 5.74) is 4.86. The minimum atomic E-state index is -0.215. The maximum absolute atomic E-state index is 13.3. The zero-order valence-corrected chi connectivity index (χ0v) is 19.5. The number of rotatable bonds is 7. The Morgan fingerprint density at radius 3 is 2.27 bits per heavy atom. The molecule has 0 aromatic heterocycles. The number of carbonyl (C=O) groups excluding carboxylic acids is 1. The molecular formula is C29H33NO3. The number of hydrogen-bond acceptors (Lipinski definition) is 3. The van der Waals surface area contributed by atoms with Gasteiger partial charge in [-0.1, -0.05) is 72.8 Å². The van der Waals surface area contributed by atoms with Crippen LogP contribution >= 0.6 is 0 Å². The Hall–Kier alpha value is -3.11. The first-order valence-electron chi connectivity index (χ1n) is 11.7. The molecule has 4 nitrogen and oxygen atoms in total. The van der Waals surface area contributed by atoms with Crippen molar-refractivity contribution in [3.63, 3.8) is 0 Å². The highest BCUT2D eigenvalue weighted by atomic mass is 16.5. The van der Waals surface area contributed by atoms with E-state index in [1.165, 1.54) is 5.56 Å². The SMILES string of the molecule is Cc1ccc([C@@H](CC(=O)NCC2(c3ccccc3)CCOCC2)c2ccccc2)c(O)c1C. The third-order valence-corrected chi connectivity index (χ3v) is 7.16. The number of phenolic OH excluding ortho intramolecular Hbond substituents is 1. The number of amides is 1. The molecule has 0 aliphatic carbocycles. The predicted octanol–water partition coefficient (Wildman–Crippen LogP) is 5.40. The first kappa shape index (κ1) is 23.1. The van der Waals surface area contributed by atoms with E-state index in [1.807, 2.05) is 62.4 Å². The lowest BCUT2D eigenvalue weighted by Gasteiger charge is -2.38. The van der Waals surface area contributed by atoms with Gasteiger partial charge in [0, 0.05) is 43.1 Å². The molecule has 3 aromatic rings. The van der Waals surface area contributed by atoms with Gasteiger partial charge >= 0.3 is 0 Å². The van der Waals surface area contributed by atoms with Crippen molar-refractivity contribution in [2.75, 3.05) is 19.8 Å². The molecule has 0 bridgehead atoms. The Labute approximate surface area is 196 Å². The van der Waals surface area contributed by atoms with Gasteiger partial charge in [0.15, 0.2) is 0 Å². The largest absolute Gasteiger partial charge is 0.507 e. The Morgan fingerprint density at radius 2 is 1.61 bits per heavy atom. The molecule has 1 atom stereocenters. The fourth-order valence-corrected chi connectivity index (χ4v) is 4.84. The number of aryl methyl sites for hydroxylation is 1. The number of aromatic hydroxyl groups is 1. The first-order chi connectivity index (χ1) is 16.0. The molecule has 0 unspecified atom stereocenters. The van der Waals surface area contributed by atoms with E-state index >= 15 is 0 Å². The molecular weight excluding hydrogens is 410 g/mol. The van der Waals surface area contributed by atoms with Crippen LogP contribution in [0.5, 0.6) is 5.75 Å². The van der Waals surface area contributed by atoms with Gasteiger partial charge in [0.1, 0.15) is 5.75 Å². The highest BCUT2D eigenvalue weighted by molar-refractivity contribution is 5.78. The van der Waals surface area contributed by atoms with Crippen LogP contribution in [0.4, 0.5) is 0 Å². The molecule has 1 amide bonds. The van der Waals surface area contributed by atoms with Crippen molar-refractivity contribution < 1.29 is 14.6 Å². The van der Waals surface area contributed by atoms with Crippen LogP contribution in [-0.4, -0.2) is 30.8 Å². The van der Waals surface area contributed by atoms with Gasteiger partial charge in [-0.05, 0) is 48.9 Å². The van der Waals surface area contributed by atoms with Gasteiger partial charge in [0.25, 0.3) is 0 Å². The number of phenols is 1. The predicted molar refractivity (Wildman–Crippen MR) is 132 cm³/mol. The summed E-state index contributed by atoms with van der Waals surface area (Å²) in [7, 11) is 0. The van der Waals surface area contributed by atoms with Gasteiger partial charge in [-0.2, -0.15) is 0 Å². The van der Waals surface area contributed by atoms with E-state index < -0.39 is 0 Å². The summed E-state index contributed by atoms with van der Waals surface area (Å²) in [6, 6.07) is 24.4. The van der Waals surface area contributed by atoms with Gasteiger partial charge < -0.3 is 15.2 Å². The van der Waals surface area contributed by atoms with Crippen LogP contribution in [0.1, 0.15) is 53.0 Å². The van der Waals surface area contributed by atoms with E-state index in [9.17, 15) is 9.90 Å². The first-order valence-corrected chi connectivity index (χ1v) is 11.7. The van der Waals surface area contributed by atoms with Crippen molar-refractivity contribution in [3.05, 3.63) is 101 Å². The summed E-state index contributed by atoms with van der Waals surface area (Å²) >= 11 is 0. The van der Waals surface area contributed by atoms with Crippen LogP contribution < -0.4 is 5.32 Å². The molecule has 1 saturated heterocycles. The number of nitrogens with one attached hydrogen (secondary N) is 1. The van der Waals surface area contributed by atoms with Gasteiger partial charge in [-0.25, -0.2) is 0 Å². The maximum Gasteiger partial charge on any atom is 0.220 e. The average Bonchev–Trinajstić information content (AvgIpc) is 2.87. The van der Waals surface area contributed by atoms with E-state index in [1.54, 1.807) is 0 Å². The fraction of sp³-hybridized carbons (Fsp3) is 0.345. The Balaban J connectivity index is 1.56. The van der Waals surface area contributed by atoms with Gasteiger partial charge in [0.2, 0.25) is 5.91 Å². The Kier molecular flexibility index (Phi) is 7.14. The highest BCUT2D eigenvalue weighted by Crippen LogP contribution is 2.37. The van der Waals surface area contributed by atoms with E-state index in [4.69, 9.17) is 4.74 Å². The molecule has 1 aliphatic rings. The Morgan fingerprint density at radius 1 is 0.970 bits per heavy atom. The van der Waals surface area contributed by atoms with Crippen LogP contribution in [0, 0.1) is 13.8 Å². The van der Waals surface area contributed by atoms with E-state index in [-0.39, 0.29) is 29.4 Å². The van der Waals surface area contributed by atoms with Crippen molar-refractivity contribution >= 4 is 5.91 Å². The third kappa shape index (κ3) is 5.12. The van der Waals surface area contributed by atoms with E-state index in [0.29, 0.717) is 19.8 Å². The molecule has 0 saturated carbocycles. The Bertz CT molecular complexity index is 1070. The zero-order chi connectivity index (χ0) is 23.3. The monoisotopic (exact) mass is 443 g/mol. The van der Waals surface area contributed by atoms with Crippen molar-refractivity contribution in [3.8, 4) is 5.75 Å². The topological polar surface area (TPSA) is 58.6 Å². The maximum atomic E-state index is 13.3. The smallest absolute Gasteiger partial charge is 0.220 e. The zero-order valence-electron chi connectivity index (χ0n) is 19.5. The van der Waals surface area contributed by atoms with Crippen LogP contribution in [0.2, 0.25) is 0 Å². The summed E-state index contributed by atoms with van der Waals surface area (Å²) in [4.78, 5) is 13.3. The molecule has 3 aromatic carbocycles. The molecule has 0 radical (unpaired) electrons. The lowest BCUT2D eigenvalue weighted by molar-refractivity contribution is -0.121. The number of carbonyl (C=O) groups is 1. The minimum absolute atomic E-state index is 0.0109. The fourth-order valence-electron chi connectivity index (χ4n) is 4.84. The van der Waals surface area contributed by atoms with E-state index in [2.05, 4.69) is 29.6 Å². The van der Waals surface area contributed by atoms with Crippen LogP contribution in [-0.2, 0) is 14.9 Å². The number of hydrogen-bond donors (Lipinski definition) is 2. The summed E-state index contributed by atoms with van der Waals surface area (Å²) in [6.45, 7) is 5.90. The van der Waals surface area contributed by atoms with Crippen LogP contribution in [0.15, 0.2) is 72.8 Å². The van der Waals surface area contributed by atoms with Crippen molar-refractivity contribution in [1.29, 1.82) is 0 Å². The lowest BCUT2D eigenvalue weighted by atomic mass is 9.74. The summed E-state index contributed by atoms with van der Waals surface area (Å²) in [5, 5.41) is 14.1.